The van der Waals surface area contributed by atoms with Crippen LogP contribution in [0.5, 0.6) is 0 Å². The molecule has 3 aliphatic rings. The summed E-state index contributed by atoms with van der Waals surface area (Å²) < 4.78 is 0. The van der Waals surface area contributed by atoms with Gasteiger partial charge in [-0.3, -0.25) is 20.2 Å². The Morgan fingerprint density at radius 1 is 1.20 bits per heavy atom. The third-order valence-electron chi connectivity index (χ3n) is 5.06. The lowest BCUT2D eigenvalue weighted by Gasteiger charge is -2.52. The molecule has 1 spiro atoms. The highest BCUT2D eigenvalue weighted by Crippen LogP contribution is 2.43. The number of barbiturate groups is 1. The molecular formula is C16H16ClN5O3. The predicted octanol–water partition coefficient (Wildman–Crippen LogP) is -0.333. The fraction of sp³-hybridized carbons (Fsp3) is 0.375. The fourth-order valence-corrected chi connectivity index (χ4v) is 3.95. The Hall–Kier alpha value is -2.63. The highest BCUT2D eigenvalue weighted by molar-refractivity contribution is 6.20. The number of rotatable bonds is 0. The SMILES string of the molecule is Cl.N#Cc1ccc2c(c1)CC1(C(=O)NC(=O)NC1=O)C1CNCCN21. The average Bonchev–Trinajstić information content (AvgIpc) is 2.58. The van der Waals surface area contributed by atoms with Gasteiger partial charge in [0.1, 0.15) is 0 Å². The number of benzene rings is 1. The number of carbonyl (C=O) groups excluding carboxylic acids is 3. The molecular weight excluding hydrogens is 346 g/mol. The zero-order chi connectivity index (χ0) is 16.9. The van der Waals surface area contributed by atoms with Crippen LogP contribution in [0.2, 0.25) is 0 Å². The molecule has 2 fully saturated rings. The van der Waals surface area contributed by atoms with Crippen molar-refractivity contribution in [3.63, 3.8) is 0 Å². The Kier molecular flexibility index (Phi) is 4.14. The molecule has 9 heteroatoms. The van der Waals surface area contributed by atoms with E-state index in [1.54, 1.807) is 12.1 Å². The van der Waals surface area contributed by atoms with Gasteiger partial charge in [-0.15, -0.1) is 12.4 Å². The van der Waals surface area contributed by atoms with Crippen LogP contribution in [0.25, 0.3) is 0 Å². The monoisotopic (exact) mass is 361 g/mol. The number of piperazine rings is 1. The van der Waals surface area contributed by atoms with Gasteiger partial charge in [-0.1, -0.05) is 0 Å². The summed E-state index contributed by atoms with van der Waals surface area (Å²) in [7, 11) is 0. The second kappa shape index (κ2) is 6.02. The topological polar surface area (TPSA) is 114 Å². The molecule has 130 valence electrons. The number of imide groups is 2. The van der Waals surface area contributed by atoms with E-state index in [1.807, 2.05) is 11.0 Å². The second-order valence-electron chi connectivity index (χ2n) is 6.25. The molecule has 3 N–H and O–H groups in total. The van der Waals surface area contributed by atoms with E-state index < -0.39 is 23.3 Å². The van der Waals surface area contributed by atoms with Gasteiger partial charge in [-0.25, -0.2) is 4.79 Å². The molecule has 0 saturated carbocycles. The first-order valence-corrected chi connectivity index (χ1v) is 7.73. The van der Waals surface area contributed by atoms with Crippen LogP contribution >= 0.6 is 12.4 Å². The molecule has 1 aromatic rings. The first kappa shape index (κ1) is 17.2. The fourth-order valence-electron chi connectivity index (χ4n) is 3.95. The van der Waals surface area contributed by atoms with Gasteiger partial charge >= 0.3 is 6.03 Å². The summed E-state index contributed by atoms with van der Waals surface area (Å²) in [5.74, 6) is -1.16. The van der Waals surface area contributed by atoms with Crippen molar-refractivity contribution in [2.75, 3.05) is 24.5 Å². The molecule has 4 amide bonds. The number of fused-ring (bicyclic) bond motifs is 4. The minimum atomic E-state index is -1.39. The number of nitriles is 1. The van der Waals surface area contributed by atoms with Gasteiger partial charge in [0.2, 0.25) is 11.8 Å². The van der Waals surface area contributed by atoms with Crippen molar-refractivity contribution < 1.29 is 14.4 Å². The maximum atomic E-state index is 12.7. The molecule has 0 bridgehead atoms. The summed E-state index contributed by atoms with van der Waals surface area (Å²) in [4.78, 5) is 38.9. The number of nitrogens with one attached hydrogen (secondary N) is 3. The first-order chi connectivity index (χ1) is 11.6. The molecule has 25 heavy (non-hydrogen) atoms. The van der Waals surface area contributed by atoms with Gasteiger partial charge in [0.15, 0.2) is 5.41 Å². The molecule has 1 aromatic carbocycles. The van der Waals surface area contributed by atoms with Gasteiger partial charge in [0.25, 0.3) is 0 Å². The van der Waals surface area contributed by atoms with Crippen LogP contribution in [-0.2, 0) is 16.0 Å². The Morgan fingerprint density at radius 3 is 2.60 bits per heavy atom. The zero-order valence-electron chi connectivity index (χ0n) is 13.2. The van der Waals surface area contributed by atoms with E-state index in [-0.39, 0.29) is 24.9 Å². The Bertz CT molecular complexity index is 798. The molecule has 0 radical (unpaired) electrons. The van der Waals surface area contributed by atoms with Crippen molar-refractivity contribution in [2.45, 2.75) is 12.5 Å². The summed E-state index contributed by atoms with van der Waals surface area (Å²) in [6.45, 7) is 1.84. The minimum absolute atomic E-state index is 0. The van der Waals surface area contributed by atoms with Crippen LogP contribution in [0.15, 0.2) is 18.2 Å². The Morgan fingerprint density at radius 2 is 1.92 bits per heavy atom. The molecule has 3 aliphatic heterocycles. The summed E-state index contributed by atoms with van der Waals surface area (Å²) in [5, 5.41) is 16.8. The van der Waals surface area contributed by atoms with E-state index in [4.69, 9.17) is 5.26 Å². The third kappa shape index (κ3) is 2.35. The maximum absolute atomic E-state index is 12.7. The number of hydrogen-bond acceptors (Lipinski definition) is 6. The molecule has 8 nitrogen and oxygen atoms in total. The molecule has 2 saturated heterocycles. The molecule has 0 aromatic heterocycles. The second-order valence-corrected chi connectivity index (χ2v) is 6.25. The highest BCUT2D eigenvalue weighted by atomic mass is 35.5. The largest absolute Gasteiger partial charge is 0.364 e. The Balaban J connectivity index is 0.00000182. The number of hydrogen-bond donors (Lipinski definition) is 3. The predicted molar refractivity (Wildman–Crippen MR) is 90.2 cm³/mol. The van der Waals surface area contributed by atoms with Gasteiger partial charge < -0.3 is 10.2 Å². The van der Waals surface area contributed by atoms with Crippen molar-refractivity contribution in [1.29, 1.82) is 5.26 Å². The zero-order valence-corrected chi connectivity index (χ0v) is 14.0. The van der Waals surface area contributed by atoms with Crippen molar-refractivity contribution in [3.8, 4) is 6.07 Å². The van der Waals surface area contributed by atoms with E-state index in [0.717, 1.165) is 17.8 Å². The molecule has 0 aliphatic carbocycles. The van der Waals surface area contributed by atoms with Gasteiger partial charge in [-0.2, -0.15) is 5.26 Å². The lowest BCUT2D eigenvalue weighted by atomic mass is 9.68. The number of anilines is 1. The lowest BCUT2D eigenvalue weighted by Crippen LogP contribution is -2.74. The normalized spacial score (nSPS) is 23.6. The third-order valence-corrected chi connectivity index (χ3v) is 5.06. The smallest absolute Gasteiger partial charge is 0.328 e. The minimum Gasteiger partial charge on any atom is -0.364 e. The summed E-state index contributed by atoms with van der Waals surface area (Å²) in [6.07, 6.45) is 0.158. The summed E-state index contributed by atoms with van der Waals surface area (Å²) in [5.41, 5.74) is 0.795. The standard InChI is InChI=1S/C16H15N5O3.ClH/c17-7-9-1-2-11-10(5-9)6-16(12-8-18-3-4-21(11)12)13(22)19-15(24)20-14(16)23;/h1-2,5,12,18H,3-4,6,8H2,(H2,19,20,22,23,24);1H. The number of urea groups is 1. The van der Waals surface area contributed by atoms with Gasteiger partial charge in [0.05, 0.1) is 17.7 Å². The average molecular weight is 362 g/mol. The number of nitrogens with zero attached hydrogens (tertiary/aromatic N) is 2. The van der Waals surface area contributed by atoms with E-state index in [1.165, 1.54) is 0 Å². The molecule has 4 rings (SSSR count). The summed E-state index contributed by atoms with van der Waals surface area (Å²) >= 11 is 0. The van der Waals surface area contributed by atoms with Crippen molar-refractivity contribution in [1.82, 2.24) is 16.0 Å². The van der Waals surface area contributed by atoms with Crippen LogP contribution in [0.3, 0.4) is 0 Å². The molecule has 3 heterocycles. The van der Waals surface area contributed by atoms with E-state index in [2.05, 4.69) is 22.0 Å². The van der Waals surface area contributed by atoms with Crippen molar-refractivity contribution in [2.24, 2.45) is 5.41 Å². The number of halogens is 1. The van der Waals surface area contributed by atoms with Crippen LogP contribution in [0.1, 0.15) is 11.1 Å². The van der Waals surface area contributed by atoms with Gasteiger partial charge in [0, 0.05) is 25.3 Å². The van der Waals surface area contributed by atoms with Crippen LogP contribution in [0, 0.1) is 16.7 Å². The van der Waals surface area contributed by atoms with Crippen LogP contribution in [-0.4, -0.2) is 43.5 Å². The number of carbonyl (C=O) groups is 3. The number of amides is 4. The van der Waals surface area contributed by atoms with Crippen LogP contribution < -0.4 is 20.9 Å². The summed E-state index contributed by atoms with van der Waals surface area (Å²) in [6, 6.07) is 6.22. The first-order valence-electron chi connectivity index (χ1n) is 7.73. The van der Waals surface area contributed by atoms with E-state index >= 15 is 0 Å². The van der Waals surface area contributed by atoms with Gasteiger partial charge in [-0.05, 0) is 30.2 Å². The highest BCUT2D eigenvalue weighted by Gasteiger charge is 2.60. The maximum Gasteiger partial charge on any atom is 0.328 e. The van der Waals surface area contributed by atoms with Crippen molar-refractivity contribution in [3.05, 3.63) is 29.3 Å². The van der Waals surface area contributed by atoms with Crippen LogP contribution in [0.4, 0.5) is 10.5 Å². The lowest BCUT2D eigenvalue weighted by molar-refractivity contribution is -0.146. The molecule has 1 atom stereocenters. The molecule has 1 unspecified atom stereocenters. The quantitative estimate of drug-likeness (QED) is 0.545. The Labute approximate surface area is 150 Å². The van der Waals surface area contributed by atoms with E-state index in [9.17, 15) is 14.4 Å². The van der Waals surface area contributed by atoms with Crippen molar-refractivity contribution >= 4 is 35.9 Å². The van der Waals surface area contributed by atoms with E-state index in [0.29, 0.717) is 18.7 Å².